The summed E-state index contributed by atoms with van der Waals surface area (Å²) in [6, 6.07) is 6.36. The van der Waals surface area contributed by atoms with E-state index in [9.17, 15) is 4.39 Å². The van der Waals surface area contributed by atoms with Crippen LogP contribution in [0.5, 0.6) is 0 Å². The summed E-state index contributed by atoms with van der Waals surface area (Å²) in [5.41, 5.74) is 7.51. The average molecular weight is 273 g/mol. The summed E-state index contributed by atoms with van der Waals surface area (Å²) in [6.45, 7) is 5.73. The Labute approximate surface area is 116 Å². The first-order valence-electron chi connectivity index (χ1n) is 6.26. The number of hydrogen-bond acceptors (Lipinski definition) is 4. The number of benzene rings is 1. The van der Waals surface area contributed by atoms with Gasteiger partial charge in [0.2, 0.25) is 0 Å². The van der Waals surface area contributed by atoms with Gasteiger partial charge in [-0.25, -0.2) is 9.07 Å². The molecule has 0 aliphatic heterocycles. The zero-order valence-corrected chi connectivity index (χ0v) is 11.6. The Morgan fingerprint density at radius 3 is 2.75 bits per heavy atom. The Bertz CT molecular complexity index is 682. The fourth-order valence-electron chi connectivity index (χ4n) is 1.93. The molecule has 0 saturated heterocycles. The van der Waals surface area contributed by atoms with Crippen LogP contribution in [0.3, 0.4) is 0 Å². The van der Waals surface area contributed by atoms with Crippen molar-refractivity contribution in [3.05, 3.63) is 35.3 Å². The molecule has 20 heavy (non-hydrogen) atoms. The van der Waals surface area contributed by atoms with Gasteiger partial charge < -0.3 is 11.1 Å². The third-order valence-electron chi connectivity index (χ3n) is 3.00. The lowest BCUT2D eigenvalue weighted by Gasteiger charge is -2.14. The zero-order chi connectivity index (χ0) is 14.9. The number of anilines is 3. The number of nitrogen functional groups attached to an aromatic ring is 1. The van der Waals surface area contributed by atoms with Crippen molar-refractivity contribution >= 4 is 17.2 Å². The molecule has 0 saturated carbocycles. The van der Waals surface area contributed by atoms with Crippen molar-refractivity contribution in [2.24, 2.45) is 0 Å². The molecule has 0 amide bonds. The predicted molar refractivity (Wildman–Crippen MR) is 76.2 cm³/mol. The summed E-state index contributed by atoms with van der Waals surface area (Å²) in [5, 5.41) is 16.4. The molecular weight excluding hydrogens is 257 g/mol. The van der Waals surface area contributed by atoms with Gasteiger partial charge in [0.15, 0.2) is 5.82 Å². The second-order valence-electron chi connectivity index (χ2n) is 4.79. The molecule has 1 aromatic carbocycles. The van der Waals surface area contributed by atoms with E-state index in [2.05, 4.69) is 10.4 Å². The van der Waals surface area contributed by atoms with Crippen LogP contribution in [0.1, 0.15) is 31.1 Å². The van der Waals surface area contributed by atoms with E-state index >= 15 is 0 Å². The van der Waals surface area contributed by atoms with Gasteiger partial charge in [0, 0.05) is 6.04 Å². The fraction of sp³-hybridized carbons (Fsp3) is 0.286. The molecule has 0 fully saturated rings. The standard InChI is InChI=1S/C14H16FN5/c1-8(2)20-14(13(17)9(3)19-20)18-12-6-4-5-11(15)10(12)7-16/h4-6,8,18H,17H2,1-3H3. The van der Waals surface area contributed by atoms with Crippen LogP contribution in [0.25, 0.3) is 0 Å². The lowest BCUT2D eigenvalue weighted by atomic mass is 10.2. The number of rotatable bonds is 3. The van der Waals surface area contributed by atoms with E-state index in [1.165, 1.54) is 12.1 Å². The predicted octanol–water partition coefficient (Wildman–Crippen LogP) is 3.11. The molecule has 0 bridgehead atoms. The second-order valence-corrected chi connectivity index (χ2v) is 4.79. The van der Waals surface area contributed by atoms with Crippen LogP contribution in [0.15, 0.2) is 18.2 Å². The number of halogens is 1. The Kier molecular flexibility index (Phi) is 3.61. The molecule has 0 unspecified atom stereocenters. The largest absolute Gasteiger partial charge is 0.394 e. The highest BCUT2D eigenvalue weighted by Crippen LogP contribution is 2.30. The van der Waals surface area contributed by atoms with E-state index in [1.807, 2.05) is 19.9 Å². The summed E-state index contributed by atoms with van der Waals surface area (Å²) in [5.74, 6) is 0.00278. The zero-order valence-electron chi connectivity index (χ0n) is 11.6. The quantitative estimate of drug-likeness (QED) is 0.900. The van der Waals surface area contributed by atoms with Gasteiger partial charge in [-0.15, -0.1) is 0 Å². The fourth-order valence-corrected chi connectivity index (χ4v) is 1.93. The van der Waals surface area contributed by atoms with Crippen molar-refractivity contribution in [2.45, 2.75) is 26.8 Å². The van der Waals surface area contributed by atoms with Gasteiger partial charge in [-0.3, -0.25) is 0 Å². The Morgan fingerprint density at radius 1 is 1.45 bits per heavy atom. The van der Waals surface area contributed by atoms with Gasteiger partial charge in [0.05, 0.1) is 17.1 Å². The number of nitriles is 1. The van der Waals surface area contributed by atoms with Crippen molar-refractivity contribution < 1.29 is 4.39 Å². The molecule has 1 aromatic heterocycles. The minimum atomic E-state index is -0.566. The van der Waals surface area contributed by atoms with Gasteiger partial charge in [-0.1, -0.05) is 6.07 Å². The third kappa shape index (κ3) is 2.30. The molecule has 5 nitrogen and oxygen atoms in total. The molecular formula is C14H16FN5. The van der Waals surface area contributed by atoms with Gasteiger partial charge in [-0.2, -0.15) is 10.4 Å². The molecule has 2 aromatic rings. The van der Waals surface area contributed by atoms with Crippen LogP contribution in [-0.4, -0.2) is 9.78 Å². The van der Waals surface area contributed by atoms with Crippen molar-refractivity contribution in [3.63, 3.8) is 0 Å². The Morgan fingerprint density at radius 2 is 2.15 bits per heavy atom. The maximum atomic E-state index is 13.6. The summed E-state index contributed by atoms with van der Waals surface area (Å²) < 4.78 is 15.3. The van der Waals surface area contributed by atoms with E-state index in [0.29, 0.717) is 22.9 Å². The molecule has 104 valence electrons. The summed E-state index contributed by atoms with van der Waals surface area (Å²) in [7, 11) is 0. The van der Waals surface area contributed by atoms with Crippen LogP contribution in [0, 0.1) is 24.1 Å². The van der Waals surface area contributed by atoms with Crippen LogP contribution >= 0.6 is 0 Å². The average Bonchev–Trinajstić information content (AvgIpc) is 2.67. The van der Waals surface area contributed by atoms with Crippen molar-refractivity contribution in [1.29, 1.82) is 5.26 Å². The SMILES string of the molecule is Cc1nn(C(C)C)c(Nc2cccc(F)c2C#N)c1N. The first-order chi connectivity index (χ1) is 9.45. The van der Waals surface area contributed by atoms with E-state index in [-0.39, 0.29) is 11.6 Å². The summed E-state index contributed by atoms with van der Waals surface area (Å²) in [4.78, 5) is 0. The number of nitrogens with zero attached hydrogens (tertiary/aromatic N) is 3. The third-order valence-corrected chi connectivity index (χ3v) is 3.00. The Balaban J connectivity index is 2.51. The van der Waals surface area contributed by atoms with Gasteiger partial charge in [0.1, 0.15) is 17.4 Å². The highest BCUT2D eigenvalue weighted by atomic mass is 19.1. The van der Waals surface area contributed by atoms with E-state index < -0.39 is 5.82 Å². The maximum absolute atomic E-state index is 13.6. The molecule has 0 radical (unpaired) electrons. The topological polar surface area (TPSA) is 79.7 Å². The first-order valence-corrected chi connectivity index (χ1v) is 6.26. The first kappa shape index (κ1) is 13.9. The van der Waals surface area contributed by atoms with E-state index in [4.69, 9.17) is 11.0 Å². The molecule has 6 heteroatoms. The highest BCUT2D eigenvalue weighted by molar-refractivity contribution is 5.74. The van der Waals surface area contributed by atoms with E-state index in [0.717, 1.165) is 0 Å². The minimum Gasteiger partial charge on any atom is -0.394 e. The Hall–Kier alpha value is -2.55. The number of hydrogen-bond donors (Lipinski definition) is 2. The monoisotopic (exact) mass is 273 g/mol. The molecule has 0 spiro atoms. The number of aryl methyl sites for hydroxylation is 1. The van der Waals surface area contributed by atoms with E-state index in [1.54, 1.807) is 17.7 Å². The van der Waals surface area contributed by atoms with Gasteiger partial charge >= 0.3 is 0 Å². The minimum absolute atomic E-state index is 0.0407. The molecule has 0 aliphatic carbocycles. The summed E-state index contributed by atoms with van der Waals surface area (Å²) in [6.07, 6.45) is 0. The lowest BCUT2D eigenvalue weighted by Crippen LogP contribution is -2.09. The van der Waals surface area contributed by atoms with Gasteiger partial charge in [-0.05, 0) is 32.9 Å². The van der Waals surface area contributed by atoms with Gasteiger partial charge in [0.25, 0.3) is 0 Å². The second kappa shape index (κ2) is 5.21. The van der Waals surface area contributed by atoms with Crippen LogP contribution < -0.4 is 11.1 Å². The smallest absolute Gasteiger partial charge is 0.152 e. The maximum Gasteiger partial charge on any atom is 0.152 e. The lowest BCUT2D eigenvalue weighted by molar-refractivity contribution is 0.536. The summed E-state index contributed by atoms with van der Waals surface area (Å²) >= 11 is 0. The molecule has 0 atom stereocenters. The molecule has 0 aliphatic rings. The molecule has 3 N–H and O–H groups in total. The van der Waals surface area contributed by atoms with Crippen LogP contribution in [0.4, 0.5) is 21.6 Å². The molecule has 1 heterocycles. The van der Waals surface area contributed by atoms with Crippen molar-refractivity contribution in [2.75, 3.05) is 11.1 Å². The number of nitrogens with two attached hydrogens (primary N) is 1. The normalized spacial score (nSPS) is 10.6. The van der Waals surface area contributed by atoms with Crippen molar-refractivity contribution in [1.82, 2.24) is 9.78 Å². The van der Waals surface area contributed by atoms with Crippen LogP contribution in [-0.2, 0) is 0 Å². The number of aromatic nitrogens is 2. The van der Waals surface area contributed by atoms with Crippen LogP contribution in [0.2, 0.25) is 0 Å². The van der Waals surface area contributed by atoms with Crippen molar-refractivity contribution in [3.8, 4) is 6.07 Å². The number of nitrogens with one attached hydrogen (secondary N) is 1. The molecule has 2 rings (SSSR count). The highest BCUT2D eigenvalue weighted by Gasteiger charge is 2.17.